The van der Waals surface area contributed by atoms with Crippen LogP contribution in [0.15, 0.2) is 0 Å². The molecule has 2 heteroatoms. The zero-order chi connectivity index (χ0) is 11.3. The maximum Gasteiger partial charge on any atom is 0.0221 e. The van der Waals surface area contributed by atoms with Gasteiger partial charge in [-0.15, -0.1) is 0 Å². The molecule has 0 spiro atoms. The monoisotopic (exact) mass is 212 g/mol. The molecule has 0 amide bonds. The molecule has 1 rings (SSSR count). The van der Waals surface area contributed by atoms with Crippen molar-refractivity contribution < 1.29 is 0 Å². The average molecular weight is 212 g/mol. The van der Waals surface area contributed by atoms with E-state index in [-0.39, 0.29) is 0 Å². The van der Waals surface area contributed by atoms with E-state index in [4.69, 9.17) is 0 Å². The lowest BCUT2D eigenvalue weighted by Gasteiger charge is -2.27. The fraction of sp³-hybridized carbons (Fsp3) is 1.00. The standard InChI is InChI=1S/C13H28N2/c1-5-11(3)12(4)14-10-13-8-7-9-15(13)6-2/h11-14H,5-10H2,1-4H3/t11-,12-,13+/m1/s1. The molecule has 1 aliphatic rings. The Morgan fingerprint density at radius 2 is 2.07 bits per heavy atom. The summed E-state index contributed by atoms with van der Waals surface area (Å²) in [7, 11) is 0. The fourth-order valence-corrected chi connectivity index (χ4v) is 2.42. The van der Waals surface area contributed by atoms with Gasteiger partial charge in [0.2, 0.25) is 0 Å². The Hall–Kier alpha value is -0.0800. The van der Waals surface area contributed by atoms with Crippen LogP contribution in [0.5, 0.6) is 0 Å². The molecular formula is C13H28N2. The molecule has 0 aliphatic carbocycles. The number of rotatable bonds is 6. The van der Waals surface area contributed by atoms with E-state index in [0.717, 1.165) is 12.0 Å². The third-order valence-electron chi connectivity index (χ3n) is 4.08. The minimum Gasteiger partial charge on any atom is -0.312 e. The summed E-state index contributed by atoms with van der Waals surface area (Å²) >= 11 is 0. The first-order valence-electron chi connectivity index (χ1n) is 6.66. The summed E-state index contributed by atoms with van der Waals surface area (Å²) in [6, 6.07) is 1.45. The van der Waals surface area contributed by atoms with Crippen LogP contribution in [0.1, 0.15) is 47.0 Å². The molecule has 1 fully saturated rings. The van der Waals surface area contributed by atoms with Crippen LogP contribution in [-0.2, 0) is 0 Å². The van der Waals surface area contributed by atoms with Crippen molar-refractivity contribution in [3.05, 3.63) is 0 Å². The van der Waals surface area contributed by atoms with E-state index in [0.29, 0.717) is 6.04 Å². The largest absolute Gasteiger partial charge is 0.312 e. The predicted octanol–water partition coefficient (Wildman–Crippen LogP) is 2.49. The highest BCUT2D eigenvalue weighted by Crippen LogP contribution is 2.16. The molecule has 0 aromatic carbocycles. The highest BCUT2D eigenvalue weighted by atomic mass is 15.2. The van der Waals surface area contributed by atoms with E-state index in [9.17, 15) is 0 Å². The van der Waals surface area contributed by atoms with Gasteiger partial charge in [-0.3, -0.25) is 4.90 Å². The molecule has 3 atom stereocenters. The lowest BCUT2D eigenvalue weighted by Crippen LogP contribution is -2.42. The second-order valence-electron chi connectivity index (χ2n) is 5.01. The van der Waals surface area contributed by atoms with Crippen molar-refractivity contribution in [2.24, 2.45) is 5.92 Å². The van der Waals surface area contributed by atoms with Crippen molar-refractivity contribution in [3.8, 4) is 0 Å². The van der Waals surface area contributed by atoms with Crippen LogP contribution >= 0.6 is 0 Å². The summed E-state index contributed by atoms with van der Waals surface area (Å²) in [5, 5.41) is 3.70. The summed E-state index contributed by atoms with van der Waals surface area (Å²) in [5.41, 5.74) is 0. The van der Waals surface area contributed by atoms with Gasteiger partial charge in [-0.1, -0.05) is 27.2 Å². The van der Waals surface area contributed by atoms with Crippen molar-refractivity contribution in [3.63, 3.8) is 0 Å². The van der Waals surface area contributed by atoms with Gasteiger partial charge in [0.15, 0.2) is 0 Å². The molecule has 90 valence electrons. The molecule has 1 saturated heterocycles. The topological polar surface area (TPSA) is 15.3 Å². The van der Waals surface area contributed by atoms with Crippen molar-refractivity contribution in [1.82, 2.24) is 10.2 Å². The first-order chi connectivity index (χ1) is 7.19. The van der Waals surface area contributed by atoms with E-state index in [2.05, 4.69) is 37.9 Å². The van der Waals surface area contributed by atoms with Crippen LogP contribution < -0.4 is 5.32 Å². The van der Waals surface area contributed by atoms with Crippen LogP contribution in [0.4, 0.5) is 0 Å². The average Bonchev–Trinajstić information content (AvgIpc) is 2.71. The maximum absolute atomic E-state index is 3.70. The van der Waals surface area contributed by atoms with Crippen LogP contribution in [0, 0.1) is 5.92 Å². The number of nitrogens with zero attached hydrogens (tertiary/aromatic N) is 1. The van der Waals surface area contributed by atoms with Gasteiger partial charge in [-0.2, -0.15) is 0 Å². The highest BCUT2D eigenvalue weighted by Gasteiger charge is 2.23. The lowest BCUT2D eigenvalue weighted by atomic mass is 10.0. The van der Waals surface area contributed by atoms with Crippen molar-refractivity contribution in [1.29, 1.82) is 0 Å². The van der Waals surface area contributed by atoms with E-state index in [1.165, 1.54) is 38.9 Å². The Kier molecular flexibility index (Phi) is 5.62. The molecule has 1 aliphatic heterocycles. The molecule has 0 aromatic rings. The molecule has 0 radical (unpaired) electrons. The Balaban J connectivity index is 2.24. The Morgan fingerprint density at radius 1 is 1.33 bits per heavy atom. The summed E-state index contributed by atoms with van der Waals surface area (Å²) in [4.78, 5) is 2.61. The van der Waals surface area contributed by atoms with E-state index >= 15 is 0 Å². The summed E-state index contributed by atoms with van der Waals surface area (Å²) < 4.78 is 0. The fourth-order valence-electron chi connectivity index (χ4n) is 2.42. The molecule has 0 saturated carbocycles. The molecule has 2 nitrogen and oxygen atoms in total. The number of likely N-dealkylation sites (tertiary alicyclic amines) is 1. The summed E-state index contributed by atoms with van der Waals surface area (Å²) in [5.74, 6) is 0.793. The quantitative estimate of drug-likeness (QED) is 0.728. The Bertz CT molecular complexity index is 170. The van der Waals surface area contributed by atoms with E-state index in [1.807, 2.05) is 0 Å². The molecule has 1 N–H and O–H groups in total. The van der Waals surface area contributed by atoms with Gasteiger partial charge in [0.1, 0.15) is 0 Å². The number of hydrogen-bond donors (Lipinski definition) is 1. The van der Waals surface area contributed by atoms with Crippen molar-refractivity contribution >= 4 is 0 Å². The minimum atomic E-state index is 0.661. The Labute approximate surface area is 95.4 Å². The second-order valence-corrected chi connectivity index (χ2v) is 5.01. The maximum atomic E-state index is 3.70. The molecule has 0 bridgehead atoms. The smallest absolute Gasteiger partial charge is 0.0221 e. The highest BCUT2D eigenvalue weighted by molar-refractivity contribution is 4.81. The van der Waals surface area contributed by atoms with Gasteiger partial charge in [-0.05, 0) is 38.8 Å². The molecule has 1 heterocycles. The van der Waals surface area contributed by atoms with E-state index in [1.54, 1.807) is 0 Å². The van der Waals surface area contributed by atoms with Gasteiger partial charge in [0.25, 0.3) is 0 Å². The number of likely N-dealkylation sites (N-methyl/N-ethyl adjacent to an activating group) is 1. The molecular weight excluding hydrogens is 184 g/mol. The molecule has 15 heavy (non-hydrogen) atoms. The van der Waals surface area contributed by atoms with E-state index < -0.39 is 0 Å². The third-order valence-corrected chi connectivity index (χ3v) is 4.08. The summed E-state index contributed by atoms with van der Waals surface area (Å²) in [6.07, 6.45) is 4.04. The Morgan fingerprint density at radius 3 is 2.67 bits per heavy atom. The van der Waals surface area contributed by atoms with Gasteiger partial charge in [0, 0.05) is 18.6 Å². The zero-order valence-corrected chi connectivity index (χ0v) is 10.9. The SMILES string of the molecule is CC[C@@H](C)[C@@H](C)NC[C@@H]1CCCN1CC. The first-order valence-corrected chi connectivity index (χ1v) is 6.66. The molecule has 0 aromatic heterocycles. The van der Waals surface area contributed by atoms with Gasteiger partial charge >= 0.3 is 0 Å². The second kappa shape index (κ2) is 6.49. The number of hydrogen-bond acceptors (Lipinski definition) is 2. The third kappa shape index (κ3) is 3.76. The number of nitrogens with one attached hydrogen (secondary N) is 1. The van der Waals surface area contributed by atoms with Gasteiger partial charge in [-0.25, -0.2) is 0 Å². The van der Waals surface area contributed by atoms with Crippen LogP contribution in [0.2, 0.25) is 0 Å². The minimum absolute atomic E-state index is 0.661. The summed E-state index contributed by atoms with van der Waals surface area (Å²) in [6.45, 7) is 12.9. The first kappa shape index (κ1) is 13.0. The van der Waals surface area contributed by atoms with Gasteiger partial charge < -0.3 is 5.32 Å². The van der Waals surface area contributed by atoms with Crippen molar-refractivity contribution in [2.45, 2.75) is 59.0 Å². The normalized spacial score (nSPS) is 26.8. The zero-order valence-electron chi connectivity index (χ0n) is 10.9. The van der Waals surface area contributed by atoms with Crippen LogP contribution in [0.3, 0.4) is 0 Å². The molecule has 0 unspecified atom stereocenters. The predicted molar refractivity (Wildman–Crippen MR) is 67.2 cm³/mol. The van der Waals surface area contributed by atoms with Gasteiger partial charge in [0.05, 0.1) is 0 Å². The van der Waals surface area contributed by atoms with Crippen LogP contribution in [0.25, 0.3) is 0 Å². The van der Waals surface area contributed by atoms with Crippen LogP contribution in [-0.4, -0.2) is 36.6 Å². The van der Waals surface area contributed by atoms with Crippen molar-refractivity contribution in [2.75, 3.05) is 19.6 Å². The lowest BCUT2D eigenvalue weighted by molar-refractivity contribution is 0.246.